The summed E-state index contributed by atoms with van der Waals surface area (Å²) in [6.07, 6.45) is 0. The summed E-state index contributed by atoms with van der Waals surface area (Å²) >= 11 is 0. The molecule has 3 aromatic rings. The largest absolute Gasteiger partial charge is 0.495 e. The molecule has 7 nitrogen and oxygen atoms in total. The molecule has 3 rings (SSSR count). The van der Waals surface area contributed by atoms with Crippen LogP contribution in [0.5, 0.6) is 5.75 Å². The maximum atomic E-state index is 13.3. The molecule has 2 aromatic carbocycles. The number of hydrogen-bond acceptors (Lipinski definition) is 5. The fraction of sp³-hybridized carbons (Fsp3) is 0.261. The number of nitrogens with zero attached hydrogens (tertiary/aromatic N) is 2. The van der Waals surface area contributed by atoms with Crippen LogP contribution in [0.4, 0.5) is 5.69 Å². The van der Waals surface area contributed by atoms with Gasteiger partial charge >= 0.3 is 0 Å². The number of anilines is 1. The molecule has 0 aliphatic carbocycles. The molecule has 31 heavy (non-hydrogen) atoms. The van der Waals surface area contributed by atoms with Gasteiger partial charge in [0.25, 0.3) is 15.9 Å². The Labute approximate surface area is 182 Å². The van der Waals surface area contributed by atoms with Gasteiger partial charge < -0.3 is 14.1 Å². The van der Waals surface area contributed by atoms with Gasteiger partial charge in [-0.1, -0.05) is 18.2 Å². The summed E-state index contributed by atoms with van der Waals surface area (Å²) in [7, 11) is 0.683. The number of furan rings is 1. The third kappa shape index (κ3) is 4.59. The molecule has 0 aliphatic rings. The normalized spacial score (nSPS) is 11.3. The predicted molar refractivity (Wildman–Crippen MR) is 119 cm³/mol. The molecular formula is C23H26N2O5S. The number of hydrogen-bond donors (Lipinski definition) is 0. The Balaban J connectivity index is 1.93. The fourth-order valence-corrected chi connectivity index (χ4v) is 4.48. The number of methoxy groups -OCH3 is 1. The van der Waals surface area contributed by atoms with Crippen LogP contribution in [0.25, 0.3) is 0 Å². The van der Waals surface area contributed by atoms with Gasteiger partial charge in [0.05, 0.1) is 24.2 Å². The average molecular weight is 443 g/mol. The van der Waals surface area contributed by atoms with E-state index in [0.717, 1.165) is 10.1 Å². The molecule has 0 atom stereocenters. The highest BCUT2D eigenvalue weighted by atomic mass is 32.2. The number of aryl methyl sites for hydroxylation is 2. The molecular weight excluding hydrogens is 416 g/mol. The van der Waals surface area contributed by atoms with Crippen molar-refractivity contribution in [3.8, 4) is 5.75 Å². The van der Waals surface area contributed by atoms with Crippen molar-refractivity contribution < 1.29 is 22.4 Å². The number of carbonyl (C=O) groups is 1. The Kier molecular flexibility index (Phi) is 6.40. The van der Waals surface area contributed by atoms with Crippen molar-refractivity contribution in [2.24, 2.45) is 0 Å². The molecule has 0 saturated heterocycles. The second-order valence-corrected chi connectivity index (χ2v) is 9.26. The zero-order valence-electron chi connectivity index (χ0n) is 18.2. The van der Waals surface area contributed by atoms with E-state index in [1.807, 2.05) is 19.1 Å². The van der Waals surface area contributed by atoms with Gasteiger partial charge in [-0.3, -0.25) is 9.10 Å². The zero-order valence-corrected chi connectivity index (χ0v) is 19.1. The van der Waals surface area contributed by atoms with Crippen molar-refractivity contribution in [1.82, 2.24) is 4.90 Å². The lowest BCUT2D eigenvalue weighted by Gasteiger charge is -2.23. The second kappa shape index (κ2) is 8.85. The summed E-state index contributed by atoms with van der Waals surface area (Å²) in [5, 5.41) is 0. The average Bonchev–Trinajstić information content (AvgIpc) is 3.17. The van der Waals surface area contributed by atoms with E-state index < -0.39 is 10.0 Å². The van der Waals surface area contributed by atoms with Crippen LogP contribution in [0.1, 0.15) is 27.4 Å². The topological polar surface area (TPSA) is 80.1 Å². The summed E-state index contributed by atoms with van der Waals surface area (Å²) < 4.78 is 38.5. The Morgan fingerprint density at radius 2 is 1.74 bits per heavy atom. The summed E-state index contributed by atoms with van der Waals surface area (Å²) in [5.41, 5.74) is 1.41. The van der Waals surface area contributed by atoms with E-state index in [9.17, 15) is 13.2 Å². The number of carbonyl (C=O) groups excluding carboxylic acids is 1. The molecule has 0 bridgehead atoms. The van der Waals surface area contributed by atoms with Gasteiger partial charge in [0.15, 0.2) is 0 Å². The number of para-hydroxylation sites is 2. The van der Waals surface area contributed by atoms with Gasteiger partial charge in [0.1, 0.15) is 17.3 Å². The first-order chi connectivity index (χ1) is 14.6. The first-order valence-corrected chi connectivity index (χ1v) is 11.1. The summed E-state index contributed by atoms with van der Waals surface area (Å²) in [6, 6.07) is 15.1. The van der Waals surface area contributed by atoms with Crippen LogP contribution in [0.3, 0.4) is 0 Å². The smallest absolute Gasteiger partial charge is 0.264 e. The Morgan fingerprint density at radius 3 is 2.39 bits per heavy atom. The molecule has 164 valence electrons. The van der Waals surface area contributed by atoms with Crippen LogP contribution in [-0.2, 0) is 16.6 Å². The van der Waals surface area contributed by atoms with E-state index in [0.29, 0.717) is 28.3 Å². The lowest BCUT2D eigenvalue weighted by Crippen LogP contribution is -2.29. The van der Waals surface area contributed by atoms with E-state index in [1.165, 1.54) is 31.2 Å². The first-order valence-electron chi connectivity index (χ1n) is 9.68. The van der Waals surface area contributed by atoms with Crippen LogP contribution >= 0.6 is 0 Å². The summed E-state index contributed by atoms with van der Waals surface area (Å²) in [6.45, 7) is 3.89. The fourth-order valence-electron chi connectivity index (χ4n) is 3.25. The maximum Gasteiger partial charge on any atom is 0.264 e. The number of amides is 1. The summed E-state index contributed by atoms with van der Waals surface area (Å²) in [4.78, 5) is 14.6. The Morgan fingerprint density at radius 1 is 1.03 bits per heavy atom. The van der Waals surface area contributed by atoms with Gasteiger partial charge in [-0.05, 0) is 55.8 Å². The Bertz CT molecular complexity index is 1200. The third-order valence-corrected chi connectivity index (χ3v) is 6.83. The Hall–Kier alpha value is -3.26. The molecule has 8 heteroatoms. The lowest BCUT2D eigenvalue weighted by molar-refractivity contribution is 0.0774. The van der Waals surface area contributed by atoms with E-state index in [1.54, 1.807) is 44.3 Å². The minimum Gasteiger partial charge on any atom is -0.495 e. The van der Waals surface area contributed by atoms with Crippen LogP contribution < -0.4 is 9.04 Å². The van der Waals surface area contributed by atoms with Crippen LogP contribution in [0.2, 0.25) is 0 Å². The molecule has 1 heterocycles. The van der Waals surface area contributed by atoms with Gasteiger partial charge in [0, 0.05) is 19.7 Å². The molecule has 0 fully saturated rings. The molecule has 1 aromatic heterocycles. The molecule has 0 N–H and O–H groups in total. The highest BCUT2D eigenvalue weighted by Gasteiger charge is 2.26. The standard InChI is InChI=1S/C23H26N2O5S/c1-16-10-13-19(31(27,28)25(4)21-8-6-7-9-22(21)29-5)14-20(16)23(26)24(3)15-18-12-11-17(2)30-18/h6-14H,15H2,1-5H3. The van der Waals surface area contributed by atoms with E-state index in [-0.39, 0.29) is 17.3 Å². The monoisotopic (exact) mass is 442 g/mol. The highest BCUT2D eigenvalue weighted by molar-refractivity contribution is 7.92. The molecule has 1 amide bonds. The van der Waals surface area contributed by atoms with Gasteiger partial charge in [0.2, 0.25) is 0 Å². The molecule has 0 aliphatic heterocycles. The highest BCUT2D eigenvalue weighted by Crippen LogP contribution is 2.31. The molecule has 0 unspecified atom stereocenters. The molecule has 0 radical (unpaired) electrons. The van der Waals surface area contributed by atoms with E-state index >= 15 is 0 Å². The number of benzene rings is 2. The van der Waals surface area contributed by atoms with Crippen LogP contribution in [0, 0.1) is 13.8 Å². The predicted octanol–water partition coefficient (Wildman–Crippen LogP) is 4.00. The number of sulfonamides is 1. The number of rotatable bonds is 7. The first kappa shape index (κ1) is 22.4. The van der Waals surface area contributed by atoms with Gasteiger partial charge in [-0.25, -0.2) is 8.42 Å². The molecule has 0 spiro atoms. The zero-order chi connectivity index (χ0) is 22.8. The van der Waals surface area contributed by atoms with E-state index in [2.05, 4.69) is 0 Å². The SMILES string of the molecule is COc1ccccc1N(C)S(=O)(=O)c1ccc(C)c(C(=O)N(C)Cc2ccc(C)o2)c1. The minimum absolute atomic E-state index is 0.0251. The van der Waals surface area contributed by atoms with Crippen molar-refractivity contribution in [2.75, 3.05) is 25.5 Å². The van der Waals surface area contributed by atoms with E-state index in [4.69, 9.17) is 9.15 Å². The molecule has 0 saturated carbocycles. The minimum atomic E-state index is -3.91. The van der Waals surface area contributed by atoms with Crippen molar-refractivity contribution >= 4 is 21.6 Å². The number of ether oxygens (including phenoxy) is 1. The second-order valence-electron chi connectivity index (χ2n) is 7.29. The lowest BCUT2D eigenvalue weighted by atomic mass is 10.1. The van der Waals surface area contributed by atoms with Crippen molar-refractivity contribution in [1.29, 1.82) is 0 Å². The maximum absolute atomic E-state index is 13.3. The quantitative estimate of drug-likeness (QED) is 0.553. The summed E-state index contributed by atoms with van der Waals surface area (Å²) in [5.74, 6) is 1.57. The van der Waals surface area contributed by atoms with Crippen molar-refractivity contribution in [3.63, 3.8) is 0 Å². The van der Waals surface area contributed by atoms with Crippen LogP contribution in [-0.4, -0.2) is 40.4 Å². The van der Waals surface area contributed by atoms with Crippen LogP contribution in [0.15, 0.2) is 63.9 Å². The van der Waals surface area contributed by atoms with Gasteiger partial charge in [-0.2, -0.15) is 0 Å². The van der Waals surface area contributed by atoms with Gasteiger partial charge in [-0.15, -0.1) is 0 Å². The van der Waals surface area contributed by atoms with Crippen molar-refractivity contribution in [3.05, 3.63) is 77.2 Å². The van der Waals surface area contributed by atoms with Crippen molar-refractivity contribution in [2.45, 2.75) is 25.3 Å². The third-order valence-electron chi connectivity index (χ3n) is 5.06.